The van der Waals surface area contributed by atoms with E-state index in [-0.39, 0.29) is 11.8 Å². The number of fused-ring (bicyclic) bond motifs is 1. The number of anilines is 1. The molecule has 4 nitrogen and oxygen atoms in total. The van der Waals surface area contributed by atoms with E-state index >= 15 is 0 Å². The van der Waals surface area contributed by atoms with Gasteiger partial charge in [-0.1, -0.05) is 0 Å². The minimum absolute atomic E-state index is 0.131. The van der Waals surface area contributed by atoms with Crippen molar-refractivity contribution in [1.29, 1.82) is 0 Å². The highest BCUT2D eigenvalue weighted by Crippen LogP contribution is 2.40. The van der Waals surface area contributed by atoms with Crippen LogP contribution in [0.25, 0.3) is 0 Å². The third-order valence-electron chi connectivity index (χ3n) is 3.11. The number of amides is 1. The Balaban J connectivity index is 1.67. The molecule has 2 saturated heterocycles. The summed E-state index contributed by atoms with van der Waals surface area (Å²) < 4.78 is 0. The molecule has 74 valence electrons. The molecule has 1 aromatic rings. The number of carbonyl (C=O) groups excluding carboxylic acids is 1. The van der Waals surface area contributed by atoms with Gasteiger partial charge in [-0.2, -0.15) is 0 Å². The molecule has 1 saturated carbocycles. The van der Waals surface area contributed by atoms with Gasteiger partial charge < -0.3 is 10.6 Å². The molecule has 2 aliphatic heterocycles. The molecule has 3 unspecified atom stereocenters. The lowest BCUT2D eigenvalue weighted by Crippen LogP contribution is -2.44. The largest absolute Gasteiger partial charge is 0.313 e. The summed E-state index contributed by atoms with van der Waals surface area (Å²) in [5, 5.41) is 8.75. The van der Waals surface area contributed by atoms with E-state index in [1.165, 1.54) is 11.3 Å². The van der Waals surface area contributed by atoms with Gasteiger partial charge in [-0.25, -0.2) is 4.98 Å². The number of hydrogen-bond acceptors (Lipinski definition) is 4. The van der Waals surface area contributed by atoms with Crippen molar-refractivity contribution >= 4 is 22.4 Å². The molecule has 1 amide bonds. The van der Waals surface area contributed by atoms with Crippen molar-refractivity contribution in [1.82, 2.24) is 10.3 Å². The smallest absolute Gasteiger partial charge is 0.231 e. The Kier molecular flexibility index (Phi) is 1.81. The Morgan fingerprint density at radius 3 is 3.21 bits per heavy atom. The third-order valence-corrected chi connectivity index (χ3v) is 3.79. The fourth-order valence-electron chi connectivity index (χ4n) is 2.35. The van der Waals surface area contributed by atoms with Crippen LogP contribution in [-0.2, 0) is 4.79 Å². The fourth-order valence-corrected chi connectivity index (χ4v) is 2.88. The number of nitrogens with one attached hydrogen (secondary N) is 2. The van der Waals surface area contributed by atoms with Gasteiger partial charge in [-0.15, -0.1) is 11.3 Å². The average molecular weight is 209 g/mol. The summed E-state index contributed by atoms with van der Waals surface area (Å²) in [4.78, 5) is 15.8. The highest BCUT2D eigenvalue weighted by atomic mass is 32.1. The molecule has 14 heavy (non-hydrogen) atoms. The van der Waals surface area contributed by atoms with E-state index in [9.17, 15) is 4.79 Å². The van der Waals surface area contributed by atoms with E-state index in [1.54, 1.807) is 6.20 Å². The predicted molar refractivity (Wildman–Crippen MR) is 54.1 cm³/mol. The summed E-state index contributed by atoms with van der Waals surface area (Å²) in [7, 11) is 0. The van der Waals surface area contributed by atoms with E-state index in [0.29, 0.717) is 17.1 Å². The first-order valence-corrected chi connectivity index (χ1v) is 5.66. The molecule has 2 bridgehead atoms. The van der Waals surface area contributed by atoms with Gasteiger partial charge >= 0.3 is 0 Å². The van der Waals surface area contributed by atoms with E-state index in [0.717, 1.165) is 13.0 Å². The summed E-state index contributed by atoms with van der Waals surface area (Å²) in [6.07, 6.45) is 2.86. The van der Waals surface area contributed by atoms with Crippen molar-refractivity contribution in [3.05, 3.63) is 11.6 Å². The fraction of sp³-hybridized carbons (Fsp3) is 0.556. The van der Waals surface area contributed by atoms with Gasteiger partial charge in [-0.3, -0.25) is 4.79 Å². The first kappa shape index (κ1) is 8.38. The quantitative estimate of drug-likeness (QED) is 0.753. The van der Waals surface area contributed by atoms with Crippen LogP contribution in [0.3, 0.4) is 0 Å². The second-order valence-electron chi connectivity index (χ2n) is 3.86. The minimum Gasteiger partial charge on any atom is -0.313 e. The van der Waals surface area contributed by atoms with Crippen LogP contribution in [0.1, 0.15) is 6.42 Å². The molecule has 4 rings (SSSR count). The van der Waals surface area contributed by atoms with Crippen LogP contribution in [0.2, 0.25) is 0 Å². The van der Waals surface area contributed by atoms with Gasteiger partial charge in [-0.05, 0) is 18.9 Å². The normalized spacial score (nSPS) is 33.9. The van der Waals surface area contributed by atoms with Crippen LogP contribution in [0, 0.1) is 11.8 Å². The highest BCUT2D eigenvalue weighted by molar-refractivity contribution is 7.13. The van der Waals surface area contributed by atoms with Crippen LogP contribution < -0.4 is 10.6 Å². The van der Waals surface area contributed by atoms with Crippen molar-refractivity contribution in [2.24, 2.45) is 11.8 Å². The van der Waals surface area contributed by atoms with Gasteiger partial charge in [0.05, 0.1) is 5.92 Å². The van der Waals surface area contributed by atoms with Crippen LogP contribution in [0.15, 0.2) is 11.6 Å². The van der Waals surface area contributed by atoms with Gasteiger partial charge in [0.15, 0.2) is 5.13 Å². The monoisotopic (exact) mass is 209 g/mol. The van der Waals surface area contributed by atoms with Gasteiger partial charge in [0.25, 0.3) is 0 Å². The Labute approximate surface area is 85.7 Å². The predicted octanol–water partition coefficient (Wildman–Crippen LogP) is 0.690. The maximum atomic E-state index is 11.8. The van der Waals surface area contributed by atoms with Gasteiger partial charge in [0.1, 0.15) is 0 Å². The van der Waals surface area contributed by atoms with Crippen molar-refractivity contribution < 1.29 is 4.79 Å². The molecule has 1 aliphatic carbocycles. The standard InChI is InChI=1S/C9H11N3OS/c13-8(12-9-10-1-2-14-9)7-5-3-6(7)11-4-5/h1-2,5-7,11H,3-4H2,(H,10,12,13). The summed E-state index contributed by atoms with van der Waals surface area (Å²) in [6.45, 7) is 1.00. The zero-order chi connectivity index (χ0) is 9.54. The van der Waals surface area contributed by atoms with Gasteiger partial charge in [0, 0.05) is 17.6 Å². The molecule has 2 N–H and O–H groups in total. The van der Waals surface area contributed by atoms with Crippen molar-refractivity contribution in [3.8, 4) is 0 Å². The summed E-state index contributed by atoms with van der Waals surface area (Å²) in [5.74, 6) is 0.866. The topological polar surface area (TPSA) is 54.0 Å². The maximum absolute atomic E-state index is 11.8. The number of carbonyl (C=O) groups is 1. The summed E-state index contributed by atoms with van der Waals surface area (Å²) in [6, 6.07) is 0.417. The first-order valence-electron chi connectivity index (χ1n) is 4.78. The molecule has 0 radical (unpaired) electrons. The summed E-state index contributed by atoms with van der Waals surface area (Å²) >= 11 is 1.46. The Morgan fingerprint density at radius 1 is 1.71 bits per heavy atom. The molecule has 3 atom stereocenters. The highest BCUT2D eigenvalue weighted by Gasteiger charge is 2.50. The number of hydrogen-bond donors (Lipinski definition) is 2. The molecule has 3 aliphatic rings. The molecule has 0 aromatic carbocycles. The molecular formula is C9H11N3OS. The molecule has 5 heteroatoms. The number of aromatic nitrogens is 1. The Bertz CT molecular complexity index is 337. The lowest BCUT2D eigenvalue weighted by atomic mass is 9.73. The van der Waals surface area contributed by atoms with E-state index in [2.05, 4.69) is 15.6 Å². The minimum atomic E-state index is 0.131. The van der Waals surface area contributed by atoms with E-state index in [4.69, 9.17) is 0 Å². The SMILES string of the molecule is O=C(Nc1nccs1)C1C2CNC1C2. The van der Waals surface area contributed by atoms with Gasteiger partial charge in [0.2, 0.25) is 5.91 Å². The van der Waals surface area contributed by atoms with Crippen molar-refractivity contribution in [2.75, 3.05) is 11.9 Å². The van der Waals surface area contributed by atoms with Crippen molar-refractivity contribution in [2.45, 2.75) is 12.5 Å². The summed E-state index contributed by atoms with van der Waals surface area (Å²) in [5.41, 5.74) is 0. The second kappa shape index (κ2) is 3.03. The van der Waals surface area contributed by atoms with Crippen LogP contribution in [0.4, 0.5) is 5.13 Å². The van der Waals surface area contributed by atoms with Crippen LogP contribution in [0.5, 0.6) is 0 Å². The number of nitrogens with zero attached hydrogens (tertiary/aromatic N) is 1. The molecule has 3 heterocycles. The Morgan fingerprint density at radius 2 is 2.64 bits per heavy atom. The molecule has 1 aromatic heterocycles. The first-order chi connectivity index (χ1) is 6.84. The van der Waals surface area contributed by atoms with Crippen LogP contribution >= 0.6 is 11.3 Å². The number of thiazole rings is 1. The van der Waals surface area contributed by atoms with Crippen LogP contribution in [-0.4, -0.2) is 23.5 Å². The zero-order valence-corrected chi connectivity index (χ0v) is 8.38. The van der Waals surface area contributed by atoms with E-state index < -0.39 is 0 Å². The Hall–Kier alpha value is -0.940. The lowest BCUT2D eigenvalue weighted by molar-refractivity contribution is -0.123. The third kappa shape index (κ3) is 1.16. The lowest BCUT2D eigenvalue weighted by Gasteiger charge is -2.32. The molecular weight excluding hydrogens is 198 g/mol. The molecule has 0 spiro atoms. The van der Waals surface area contributed by atoms with Crippen molar-refractivity contribution in [3.63, 3.8) is 0 Å². The maximum Gasteiger partial charge on any atom is 0.231 e. The van der Waals surface area contributed by atoms with E-state index in [1.807, 2.05) is 5.38 Å². The number of rotatable bonds is 2. The zero-order valence-electron chi connectivity index (χ0n) is 7.56. The average Bonchev–Trinajstić information content (AvgIpc) is 2.77. The second-order valence-corrected chi connectivity index (χ2v) is 4.76. The molecule has 3 fully saturated rings.